The molecule has 2 rings (SSSR count). The zero-order valence-electron chi connectivity index (χ0n) is 10.4. The number of nitrogens with zero attached hydrogens (tertiary/aromatic N) is 1. The lowest BCUT2D eigenvalue weighted by molar-refractivity contribution is -0.127. The second-order valence-corrected chi connectivity index (χ2v) is 4.57. The molecule has 1 aliphatic rings. The molecule has 90 valence electrons. The van der Waals surface area contributed by atoms with Gasteiger partial charge < -0.3 is 4.90 Å². The Morgan fingerprint density at radius 1 is 1.35 bits per heavy atom. The number of aryl methyl sites for hydroxylation is 1. The number of carbonyl (C=O) groups is 1. The molecule has 0 aromatic heterocycles. The minimum atomic E-state index is 0.0482. The average molecular weight is 229 g/mol. The van der Waals surface area contributed by atoms with E-state index in [2.05, 4.69) is 37.8 Å². The summed E-state index contributed by atoms with van der Waals surface area (Å²) in [5.74, 6) is 0.0482. The predicted molar refractivity (Wildman–Crippen MR) is 69.6 cm³/mol. The first kappa shape index (κ1) is 11.9. The Hall–Kier alpha value is -1.57. The summed E-state index contributed by atoms with van der Waals surface area (Å²) in [6, 6.07) is 8.94. The minimum Gasteiger partial charge on any atom is -0.332 e. The summed E-state index contributed by atoms with van der Waals surface area (Å²) in [4.78, 5) is 13.7. The molecule has 1 amide bonds. The maximum absolute atomic E-state index is 11.7. The highest BCUT2D eigenvalue weighted by atomic mass is 16.2. The van der Waals surface area contributed by atoms with Crippen LogP contribution in [0.5, 0.6) is 0 Å². The van der Waals surface area contributed by atoms with Crippen molar-refractivity contribution in [1.82, 2.24) is 4.90 Å². The van der Waals surface area contributed by atoms with Crippen LogP contribution >= 0.6 is 0 Å². The molecular weight excluding hydrogens is 210 g/mol. The second kappa shape index (κ2) is 5.17. The van der Waals surface area contributed by atoms with Gasteiger partial charge in [-0.25, -0.2) is 0 Å². The molecule has 1 aromatic rings. The fourth-order valence-corrected chi connectivity index (χ4v) is 1.97. The molecule has 1 aromatic carbocycles. The molecule has 2 heteroatoms. The highest BCUT2D eigenvalue weighted by Crippen LogP contribution is 2.28. The number of benzene rings is 1. The van der Waals surface area contributed by atoms with E-state index in [0.29, 0.717) is 12.6 Å². The first-order valence-electron chi connectivity index (χ1n) is 6.25. The van der Waals surface area contributed by atoms with Crippen LogP contribution in [0, 0.1) is 0 Å². The van der Waals surface area contributed by atoms with Crippen LogP contribution in [0.4, 0.5) is 0 Å². The molecule has 0 saturated heterocycles. The van der Waals surface area contributed by atoms with Crippen molar-refractivity contribution in [2.24, 2.45) is 0 Å². The summed E-state index contributed by atoms with van der Waals surface area (Å²) in [7, 11) is 0. The third kappa shape index (κ3) is 2.96. The fourth-order valence-electron chi connectivity index (χ4n) is 1.97. The van der Waals surface area contributed by atoms with Crippen LogP contribution in [0.1, 0.15) is 30.9 Å². The van der Waals surface area contributed by atoms with Crippen molar-refractivity contribution in [3.63, 3.8) is 0 Å². The molecular formula is C15H19NO. The van der Waals surface area contributed by atoms with E-state index in [-0.39, 0.29) is 5.91 Å². The number of amides is 1. The van der Waals surface area contributed by atoms with Gasteiger partial charge in [-0.3, -0.25) is 4.79 Å². The number of hydrogen-bond acceptors (Lipinski definition) is 1. The number of carbonyl (C=O) groups excluding carboxylic acids is 1. The van der Waals surface area contributed by atoms with E-state index >= 15 is 0 Å². The molecule has 0 unspecified atom stereocenters. The Bertz CT molecular complexity index is 403. The molecule has 1 saturated carbocycles. The van der Waals surface area contributed by atoms with Crippen molar-refractivity contribution >= 4 is 5.91 Å². The predicted octanol–water partition coefficient (Wildman–Crippen LogP) is 2.93. The van der Waals surface area contributed by atoms with Crippen LogP contribution < -0.4 is 0 Å². The molecule has 2 nitrogen and oxygen atoms in total. The van der Waals surface area contributed by atoms with Crippen molar-refractivity contribution in [2.45, 2.75) is 38.8 Å². The summed E-state index contributed by atoms with van der Waals surface area (Å²) in [5.41, 5.74) is 2.53. The van der Waals surface area contributed by atoms with Gasteiger partial charge in [0.25, 0.3) is 0 Å². The number of hydrogen-bond donors (Lipinski definition) is 0. The van der Waals surface area contributed by atoms with Crippen LogP contribution in [0.25, 0.3) is 0 Å². The van der Waals surface area contributed by atoms with E-state index < -0.39 is 0 Å². The van der Waals surface area contributed by atoms with Gasteiger partial charge >= 0.3 is 0 Å². The van der Waals surface area contributed by atoms with Crippen molar-refractivity contribution in [3.05, 3.63) is 48.0 Å². The lowest BCUT2D eigenvalue weighted by atomic mass is 10.1. The van der Waals surface area contributed by atoms with Crippen molar-refractivity contribution in [3.8, 4) is 0 Å². The van der Waals surface area contributed by atoms with Gasteiger partial charge in [0, 0.05) is 12.6 Å². The van der Waals surface area contributed by atoms with Crippen molar-refractivity contribution in [1.29, 1.82) is 0 Å². The van der Waals surface area contributed by atoms with Crippen molar-refractivity contribution in [2.75, 3.05) is 0 Å². The normalized spacial score (nSPS) is 14.4. The third-order valence-electron chi connectivity index (χ3n) is 3.23. The van der Waals surface area contributed by atoms with Gasteiger partial charge in [-0.2, -0.15) is 0 Å². The second-order valence-electron chi connectivity index (χ2n) is 4.57. The first-order chi connectivity index (χ1) is 8.24. The third-order valence-corrected chi connectivity index (χ3v) is 3.23. The highest BCUT2D eigenvalue weighted by molar-refractivity contribution is 5.87. The fraction of sp³-hybridized carbons (Fsp3) is 0.400. The number of rotatable bonds is 5. The van der Waals surface area contributed by atoms with E-state index in [4.69, 9.17) is 0 Å². The maximum Gasteiger partial charge on any atom is 0.246 e. The zero-order valence-corrected chi connectivity index (χ0v) is 10.4. The Morgan fingerprint density at radius 3 is 2.41 bits per heavy atom. The Kier molecular flexibility index (Phi) is 3.62. The Morgan fingerprint density at radius 2 is 1.94 bits per heavy atom. The summed E-state index contributed by atoms with van der Waals surface area (Å²) < 4.78 is 0. The van der Waals surface area contributed by atoms with Gasteiger partial charge in [0.1, 0.15) is 0 Å². The minimum absolute atomic E-state index is 0.0482. The molecule has 0 radical (unpaired) electrons. The summed E-state index contributed by atoms with van der Waals surface area (Å²) in [6.45, 7) is 6.42. The smallest absolute Gasteiger partial charge is 0.246 e. The SMILES string of the molecule is C=CC(=O)N(Cc1ccc(CC)cc1)C1CC1. The first-order valence-corrected chi connectivity index (χ1v) is 6.25. The van der Waals surface area contributed by atoms with Crippen molar-refractivity contribution < 1.29 is 4.79 Å². The van der Waals surface area contributed by atoms with Crippen LogP contribution in [-0.2, 0) is 17.8 Å². The molecule has 0 atom stereocenters. The van der Waals surface area contributed by atoms with Crippen LogP contribution in [0.2, 0.25) is 0 Å². The topological polar surface area (TPSA) is 20.3 Å². The molecule has 1 fully saturated rings. The van der Waals surface area contributed by atoms with E-state index in [1.54, 1.807) is 0 Å². The largest absolute Gasteiger partial charge is 0.332 e. The van der Waals surface area contributed by atoms with Gasteiger partial charge in [-0.05, 0) is 36.5 Å². The molecule has 0 spiro atoms. The van der Waals surface area contributed by atoms with Gasteiger partial charge in [0.15, 0.2) is 0 Å². The zero-order chi connectivity index (χ0) is 12.3. The average Bonchev–Trinajstić information content (AvgIpc) is 3.20. The summed E-state index contributed by atoms with van der Waals surface area (Å²) >= 11 is 0. The maximum atomic E-state index is 11.7. The van der Waals surface area contributed by atoms with E-state index in [0.717, 1.165) is 19.3 Å². The highest BCUT2D eigenvalue weighted by Gasteiger charge is 2.31. The summed E-state index contributed by atoms with van der Waals surface area (Å²) in [5, 5.41) is 0. The van der Waals surface area contributed by atoms with E-state index in [1.165, 1.54) is 17.2 Å². The lowest BCUT2D eigenvalue weighted by Crippen LogP contribution is -2.30. The molecule has 0 N–H and O–H groups in total. The van der Waals surface area contributed by atoms with Gasteiger partial charge in [-0.1, -0.05) is 37.8 Å². The van der Waals surface area contributed by atoms with Crippen LogP contribution in [0.3, 0.4) is 0 Å². The van der Waals surface area contributed by atoms with Gasteiger partial charge in [0.2, 0.25) is 5.91 Å². The summed E-state index contributed by atoms with van der Waals surface area (Å²) in [6.07, 6.45) is 4.73. The Labute approximate surface area is 103 Å². The van der Waals surface area contributed by atoms with Crippen LogP contribution in [-0.4, -0.2) is 16.8 Å². The Balaban J connectivity index is 2.06. The molecule has 17 heavy (non-hydrogen) atoms. The lowest BCUT2D eigenvalue weighted by Gasteiger charge is -2.20. The monoisotopic (exact) mass is 229 g/mol. The van der Waals surface area contributed by atoms with E-state index in [9.17, 15) is 4.79 Å². The van der Waals surface area contributed by atoms with Gasteiger partial charge in [-0.15, -0.1) is 0 Å². The van der Waals surface area contributed by atoms with Gasteiger partial charge in [0.05, 0.1) is 0 Å². The molecule has 0 heterocycles. The molecule has 0 aliphatic heterocycles. The van der Waals surface area contributed by atoms with Crippen LogP contribution in [0.15, 0.2) is 36.9 Å². The standard InChI is InChI=1S/C15H19NO/c1-3-12-5-7-13(8-6-12)11-16(14-9-10-14)15(17)4-2/h4-8,14H,2-3,9-11H2,1H3. The molecule has 0 bridgehead atoms. The van der Waals surface area contributed by atoms with E-state index in [1.807, 2.05) is 4.90 Å². The molecule has 1 aliphatic carbocycles. The quantitative estimate of drug-likeness (QED) is 0.711.